The quantitative estimate of drug-likeness (QED) is 0.603. The lowest BCUT2D eigenvalue weighted by Crippen LogP contribution is -2.47. The van der Waals surface area contributed by atoms with Gasteiger partial charge in [0.15, 0.2) is 5.60 Å². The topological polar surface area (TPSA) is 57.5 Å². The highest BCUT2D eigenvalue weighted by Crippen LogP contribution is 2.31. The molecule has 3 heteroatoms. The van der Waals surface area contributed by atoms with Crippen LogP contribution in [0.4, 0.5) is 0 Å². The van der Waals surface area contributed by atoms with E-state index in [0.29, 0.717) is 0 Å². The Morgan fingerprint density at radius 1 is 1.45 bits per heavy atom. The lowest BCUT2D eigenvalue weighted by atomic mass is 9.76. The van der Waals surface area contributed by atoms with Crippen LogP contribution in [0.1, 0.15) is 20.8 Å². The highest BCUT2D eigenvalue weighted by molar-refractivity contribution is 5.78. The van der Waals surface area contributed by atoms with Crippen molar-refractivity contribution in [2.75, 3.05) is 0 Å². The Balaban J connectivity index is 4.81. The summed E-state index contributed by atoms with van der Waals surface area (Å²) in [6, 6.07) is 0. The maximum absolute atomic E-state index is 10.5. The van der Waals surface area contributed by atoms with Crippen molar-refractivity contribution in [3.05, 3.63) is 12.7 Å². The van der Waals surface area contributed by atoms with E-state index in [1.807, 2.05) is 0 Å². The Hall–Kier alpha value is -0.830. The zero-order chi connectivity index (χ0) is 9.28. The van der Waals surface area contributed by atoms with Gasteiger partial charge in [-0.2, -0.15) is 0 Å². The zero-order valence-corrected chi connectivity index (χ0v) is 7.09. The largest absolute Gasteiger partial charge is 0.479 e. The monoisotopic (exact) mass is 158 g/mol. The molecule has 0 bridgehead atoms. The van der Waals surface area contributed by atoms with Crippen LogP contribution in [0.3, 0.4) is 0 Å². The molecule has 0 spiro atoms. The van der Waals surface area contributed by atoms with Gasteiger partial charge in [0.1, 0.15) is 0 Å². The predicted molar refractivity (Wildman–Crippen MR) is 42.2 cm³/mol. The first-order valence-electron chi connectivity index (χ1n) is 3.35. The minimum absolute atomic E-state index is 0.821. The number of hydrogen-bond donors (Lipinski definition) is 2. The fourth-order valence-corrected chi connectivity index (χ4v) is 0.474. The summed E-state index contributed by atoms with van der Waals surface area (Å²) in [5, 5.41) is 18.1. The fourth-order valence-electron chi connectivity index (χ4n) is 0.474. The number of carboxylic acid groups (broad SMARTS) is 1. The molecule has 0 saturated carbocycles. The van der Waals surface area contributed by atoms with Gasteiger partial charge in [-0.3, -0.25) is 0 Å². The maximum Gasteiger partial charge on any atom is 0.336 e. The fraction of sp³-hybridized carbons (Fsp3) is 0.625. The molecular weight excluding hydrogens is 144 g/mol. The molecule has 2 N–H and O–H groups in total. The molecule has 0 radical (unpaired) electrons. The number of aliphatic carboxylic acids is 1. The van der Waals surface area contributed by atoms with Gasteiger partial charge in [0.2, 0.25) is 0 Å². The summed E-state index contributed by atoms with van der Waals surface area (Å²) in [6.07, 6.45) is 1.43. The van der Waals surface area contributed by atoms with E-state index in [1.165, 1.54) is 13.0 Å². The first kappa shape index (κ1) is 10.2. The van der Waals surface area contributed by atoms with Gasteiger partial charge in [0.05, 0.1) is 0 Å². The molecule has 0 aromatic rings. The van der Waals surface area contributed by atoms with Crippen molar-refractivity contribution < 1.29 is 15.0 Å². The van der Waals surface area contributed by atoms with Gasteiger partial charge in [-0.15, -0.1) is 6.58 Å². The van der Waals surface area contributed by atoms with E-state index in [1.54, 1.807) is 13.8 Å². The summed E-state index contributed by atoms with van der Waals surface area (Å²) in [7, 11) is 0. The highest BCUT2D eigenvalue weighted by atomic mass is 16.4. The second kappa shape index (κ2) is 2.66. The molecule has 0 heterocycles. The lowest BCUT2D eigenvalue weighted by Gasteiger charge is -2.33. The summed E-state index contributed by atoms with van der Waals surface area (Å²) < 4.78 is 0. The molecule has 0 aromatic carbocycles. The molecule has 0 amide bonds. The first-order chi connectivity index (χ1) is 4.75. The van der Waals surface area contributed by atoms with Crippen molar-refractivity contribution in [2.45, 2.75) is 26.4 Å². The van der Waals surface area contributed by atoms with Crippen molar-refractivity contribution in [3.63, 3.8) is 0 Å². The van der Waals surface area contributed by atoms with Crippen LogP contribution in [0.5, 0.6) is 0 Å². The Morgan fingerprint density at radius 2 is 1.82 bits per heavy atom. The Morgan fingerprint density at radius 3 is 1.91 bits per heavy atom. The van der Waals surface area contributed by atoms with Crippen LogP contribution in [0.25, 0.3) is 0 Å². The molecule has 0 aliphatic heterocycles. The van der Waals surface area contributed by atoms with E-state index >= 15 is 0 Å². The number of rotatable bonds is 3. The van der Waals surface area contributed by atoms with Crippen LogP contribution in [0, 0.1) is 5.41 Å². The van der Waals surface area contributed by atoms with E-state index < -0.39 is 17.0 Å². The first-order valence-corrected chi connectivity index (χ1v) is 3.35. The Bertz CT molecular complexity index is 180. The van der Waals surface area contributed by atoms with Crippen LogP contribution in [0.2, 0.25) is 0 Å². The van der Waals surface area contributed by atoms with Gasteiger partial charge in [0, 0.05) is 5.41 Å². The van der Waals surface area contributed by atoms with E-state index in [0.717, 1.165) is 0 Å². The summed E-state index contributed by atoms with van der Waals surface area (Å²) in [5.74, 6) is -1.23. The number of hydrogen-bond acceptors (Lipinski definition) is 2. The molecule has 11 heavy (non-hydrogen) atoms. The van der Waals surface area contributed by atoms with Gasteiger partial charge in [-0.05, 0) is 6.92 Å². The van der Waals surface area contributed by atoms with Crippen molar-refractivity contribution in [2.24, 2.45) is 5.41 Å². The van der Waals surface area contributed by atoms with E-state index in [-0.39, 0.29) is 0 Å². The summed E-state index contributed by atoms with van der Waals surface area (Å²) in [6.45, 7) is 7.96. The molecule has 64 valence electrons. The molecule has 0 saturated heterocycles. The average molecular weight is 158 g/mol. The molecule has 0 fully saturated rings. The second-order valence-electron chi connectivity index (χ2n) is 3.30. The van der Waals surface area contributed by atoms with Crippen LogP contribution in [0.15, 0.2) is 12.7 Å². The number of carboxylic acids is 1. The van der Waals surface area contributed by atoms with Crippen LogP contribution >= 0.6 is 0 Å². The van der Waals surface area contributed by atoms with Gasteiger partial charge in [-0.25, -0.2) is 4.79 Å². The molecule has 0 rings (SSSR count). The van der Waals surface area contributed by atoms with Crippen LogP contribution < -0.4 is 0 Å². The highest BCUT2D eigenvalue weighted by Gasteiger charge is 2.43. The second-order valence-corrected chi connectivity index (χ2v) is 3.30. The molecule has 3 nitrogen and oxygen atoms in total. The molecule has 0 aromatic heterocycles. The third-order valence-corrected chi connectivity index (χ3v) is 2.18. The summed E-state index contributed by atoms with van der Waals surface area (Å²) in [5.41, 5.74) is -2.58. The maximum atomic E-state index is 10.5. The Kier molecular flexibility index (Phi) is 2.46. The molecule has 1 unspecified atom stereocenters. The normalized spacial score (nSPS) is 17.1. The van der Waals surface area contributed by atoms with Crippen molar-refractivity contribution in [1.29, 1.82) is 0 Å². The smallest absolute Gasteiger partial charge is 0.336 e. The lowest BCUT2D eigenvalue weighted by molar-refractivity contribution is -0.165. The van der Waals surface area contributed by atoms with Gasteiger partial charge < -0.3 is 10.2 Å². The molecule has 1 atom stereocenters. The van der Waals surface area contributed by atoms with Crippen molar-refractivity contribution >= 4 is 5.97 Å². The minimum Gasteiger partial charge on any atom is -0.479 e. The predicted octanol–water partition coefficient (Wildman–Crippen LogP) is 1.03. The van der Waals surface area contributed by atoms with Gasteiger partial charge >= 0.3 is 5.97 Å². The molecule has 0 aliphatic rings. The molecule has 0 aliphatic carbocycles. The summed E-state index contributed by atoms with van der Waals surface area (Å²) >= 11 is 0. The third kappa shape index (κ3) is 1.60. The molecular formula is C8H14O3. The van der Waals surface area contributed by atoms with Crippen molar-refractivity contribution in [1.82, 2.24) is 0 Å². The Labute approximate surface area is 66.4 Å². The minimum atomic E-state index is -1.76. The van der Waals surface area contributed by atoms with E-state index in [4.69, 9.17) is 5.11 Å². The van der Waals surface area contributed by atoms with Crippen LogP contribution in [-0.2, 0) is 4.79 Å². The summed E-state index contributed by atoms with van der Waals surface area (Å²) in [4.78, 5) is 10.5. The standard InChI is InChI=1S/C8H14O3/c1-5-7(2,3)8(4,11)6(9)10/h5,11H,1H2,2-4H3,(H,9,10). The number of aliphatic hydroxyl groups is 1. The van der Waals surface area contributed by atoms with Crippen LogP contribution in [-0.4, -0.2) is 21.8 Å². The van der Waals surface area contributed by atoms with Gasteiger partial charge in [-0.1, -0.05) is 19.9 Å². The third-order valence-electron chi connectivity index (χ3n) is 2.18. The van der Waals surface area contributed by atoms with Crippen molar-refractivity contribution in [3.8, 4) is 0 Å². The average Bonchev–Trinajstić information content (AvgIpc) is 1.87. The van der Waals surface area contributed by atoms with E-state index in [9.17, 15) is 9.90 Å². The number of carbonyl (C=O) groups is 1. The SMILES string of the molecule is C=CC(C)(C)C(C)(O)C(=O)O. The van der Waals surface area contributed by atoms with Gasteiger partial charge in [0.25, 0.3) is 0 Å². The zero-order valence-electron chi connectivity index (χ0n) is 7.09. The van der Waals surface area contributed by atoms with E-state index in [2.05, 4.69) is 6.58 Å².